The summed E-state index contributed by atoms with van der Waals surface area (Å²) in [4.78, 5) is 11.5. The number of ketones is 1. The molecule has 90 valence electrons. The molecule has 4 heteroatoms. The smallest absolute Gasteiger partial charge is 0.289 e. The molecule has 0 heterocycles. The molecule has 2 aliphatic carbocycles. The SMILES string of the molecule is O=C(C1[C@@H]2CC[C@H]1c1ccccc12)C(F)(F)F. The fourth-order valence-electron chi connectivity index (χ4n) is 3.44. The maximum absolute atomic E-state index is 12.5. The Kier molecular flexibility index (Phi) is 2.12. The molecule has 1 fully saturated rings. The summed E-state index contributed by atoms with van der Waals surface area (Å²) in [6, 6.07) is 7.37. The largest absolute Gasteiger partial charge is 0.450 e. The first-order valence-corrected chi connectivity index (χ1v) is 5.70. The lowest BCUT2D eigenvalue weighted by atomic mass is 9.90. The number of fused-ring (bicyclic) bond motifs is 5. The molecule has 1 aromatic rings. The highest BCUT2D eigenvalue weighted by molar-refractivity contribution is 5.89. The molecule has 1 aromatic carbocycles. The molecule has 2 aliphatic rings. The maximum atomic E-state index is 12.5. The first kappa shape index (κ1) is 10.8. The maximum Gasteiger partial charge on any atom is 0.450 e. The molecule has 3 atom stereocenters. The van der Waals surface area contributed by atoms with E-state index < -0.39 is 17.9 Å². The van der Waals surface area contributed by atoms with Crippen LogP contribution in [-0.4, -0.2) is 12.0 Å². The third-order valence-electron chi connectivity index (χ3n) is 4.03. The van der Waals surface area contributed by atoms with Crippen LogP contribution in [-0.2, 0) is 4.79 Å². The van der Waals surface area contributed by atoms with E-state index in [1.165, 1.54) is 0 Å². The van der Waals surface area contributed by atoms with Crippen molar-refractivity contribution in [3.8, 4) is 0 Å². The van der Waals surface area contributed by atoms with E-state index in [1.54, 1.807) is 0 Å². The number of carbonyl (C=O) groups excluding carboxylic acids is 1. The van der Waals surface area contributed by atoms with Gasteiger partial charge in [0.05, 0.1) is 0 Å². The Balaban J connectivity index is 2.01. The Morgan fingerprint density at radius 1 is 1.06 bits per heavy atom. The summed E-state index contributed by atoms with van der Waals surface area (Å²) in [5.41, 5.74) is 1.90. The van der Waals surface area contributed by atoms with Gasteiger partial charge in [0, 0.05) is 5.92 Å². The van der Waals surface area contributed by atoms with Crippen LogP contribution in [0.15, 0.2) is 24.3 Å². The van der Waals surface area contributed by atoms with Gasteiger partial charge in [0.25, 0.3) is 0 Å². The van der Waals surface area contributed by atoms with Gasteiger partial charge in [-0.1, -0.05) is 24.3 Å². The molecule has 1 saturated carbocycles. The van der Waals surface area contributed by atoms with Crippen LogP contribution < -0.4 is 0 Å². The van der Waals surface area contributed by atoms with Gasteiger partial charge in [-0.2, -0.15) is 13.2 Å². The van der Waals surface area contributed by atoms with Crippen molar-refractivity contribution in [1.82, 2.24) is 0 Å². The minimum atomic E-state index is -4.70. The molecule has 17 heavy (non-hydrogen) atoms. The molecule has 1 unspecified atom stereocenters. The zero-order chi connectivity index (χ0) is 12.2. The van der Waals surface area contributed by atoms with E-state index in [1.807, 2.05) is 24.3 Å². The summed E-state index contributed by atoms with van der Waals surface area (Å²) in [7, 11) is 0. The highest BCUT2D eigenvalue weighted by Crippen LogP contribution is 2.58. The predicted molar refractivity (Wildman–Crippen MR) is 55.7 cm³/mol. The molecule has 3 rings (SSSR count). The third kappa shape index (κ3) is 1.43. The third-order valence-corrected chi connectivity index (χ3v) is 4.03. The molecule has 0 spiro atoms. The van der Waals surface area contributed by atoms with Crippen molar-refractivity contribution in [3.05, 3.63) is 35.4 Å². The highest BCUT2D eigenvalue weighted by atomic mass is 19.4. The minimum Gasteiger partial charge on any atom is -0.289 e. The lowest BCUT2D eigenvalue weighted by Crippen LogP contribution is -2.32. The number of alkyl halides is 3. The van der Waals surface area contributed by atoms with Crippen LogP contribution >= 0.6 is 0 Å². The summed E-state index contributed by atoms with van der Waals surface area (Å²) in [6.45, 7) is 0. The average molecular weight is 240 g/mol. The second kappa shape index (κ2) is 3.34. The van der Waals surface area contributed by atoms with E-state index in [2.05, 4.69) is 0 Å². The number of Topliss-reactive ketones (excluding diaryl/α,β-unsaturated/α-hetero) is 1. The Morgan fingerprint density at radius 2 is 1.53 bits per heavy atom. The first-order valence-electron chi connectivity index (χ1n) is 5.70. The van der Waals surface area contributed by atoms with Crippen LogP contribution in [0.1, 0.15) is 35.8 Å². The lowest BCUT2D eigenvalue weighted by molar-refractivity contribution is -0.176. The van der Waals surface area contributed by atoms with E-state index in [9.17, 15) is 18.0 Å². The Labute approximate surface area is 96.6 Å². The van der Waals surface area contributed by atoms with Crippen LogP contribution in [0.4, 0.5) is 13.2 Å². The molecule has 0 saturated heterocycles. The second-order valence-electron chi connectivity index (χ2n) is 4.81. The van der Waals surface area contributed by atoms with E-state index in [0.717, 1.165) is 11.1 Å². The minimum absolute atomic E-state index is 0.217. The van der Waals surface area contributed by atoms with Crippen LogP contribution in [0.25, 0.3) is 0 Å². The summed E-state index contributed by atoms with van der Waals surface area (Å²) in [5.74, 6) is -2.84. The number of halogens is 3. The summed E-state index contributed by atoms with van der Waals surface area (Å²) in [6.07, 6.45) is -3.30. The van der Waals surface area contributed by atoms with E-state index in [0.29, 0.717) is 12.8 Å². The lowest BCUT2D eigenvalue weighted by Gasteiger charge is -2.16. The summed E-state index contributed by atoms with van der Waals surface area (Å²) >= 11 is 0. The monoisotopic (exact) mass is 240 g/mol. The number of carbonyl (C=O) groups is 1. The van der Waals surface area contributed by atoms with Crippen molar-refractivity contribution in [2.24, 2.45) is 5.92 Å². The van der Waals surface area contributed by atoms with Gasteiger partial charge in [-0.05, 0) is 35.8 Å². The molecular formula is C13H11F3O. The van der Waals surface area contributed by atoms with Crippen molar-refractivity contribution in [2.75, 3.05) is 0 Å². The van der Waals surface area contributed by atoms with Gasteiger partial charge in [-0.15, -0.1) is 0 Å². The zero-order valence-corrected chi connectivity index (χ0v) is 9.00. The van der Waals surface area contributed by atoms with Gasteiger partial charge >= 0.3 is 6.18 Å². The standard InChI is InChI=1S/C13H11F3O/c14-13(15,16)12(17)11-9-5-6-10(11)8-4-2-1-3-7(8)9/h1-4,9-11H,5-6H2/t9-,10+,11?. The molecule has 2 bridgehead atoms. The molecule has 0 radical (unpaired) electrons. The molecule has 0 amide bonds. The number of benzene rings is 1. The van der Waals surface area contributed by atoms with E-state index in [4.69, 9.17) is 0 Å². The molecule has 1 nitrogen and oxygen atoms in total. The quantitative estimate of drug-likeness (QED) is 0.735. The highest BCUT2D eigenvalue weighted by Gasteiger charge is 2.55. The van der Waals surface area contributed by atoms with Gasteiger partial charge in [-0.3, -0.25) is 4.79 Å². The average Bonchev–Trinajstić information content (AvgIpc) is 2.83. The zero-order valence-electron chi connectivity index (χ0n) is 9.00. The van der Waals surface area contributed by atoms with Gasteiger partial charge in [-0.25, -0.2) is 0 Å². The molecular weight excluding hydrogens is 229 g/mol. The van der Waals surface area contributed by atoms with Crippen molar-refractivity contribution in [3.63, 3.8) is 0 Å². The first-order chi connectivity index (χ1) is 8.00. The van der Waals surface area contributed by atoms with E-state index in [-0.39, 0.29) is 11.8 Å². The van der Waals surface area contributed by atoms with E-state index >= 15 is 0 Å². The van der Waals surface area contributed by atoms with Crippen molar-refractivity contribution < 1.29 is 18.0 Å². The molecule has 0 aromatic heterocycles. The van der Waals surface area contributed by atoms with Crippen molar-refractivity contribution in [1.29, 1.82) is 0 Å². The van der Waals surface area contributed by atoms with Crippen LogP contribution in [0.2, 0.25) is 0 Å². The van der Waals surface area contributed by atoms with Crippen LogP contribution in [0.3, 0.4) is 0 Å². The fourth-order valence-corrected chi connectivity index (χ4v) is 3.44. The van der Waals surface area contributed by atoms with Gasteiger partial charge in [0.1, 0.15) is 0 Å². The Morgan fingerprint density at radius 3 is 1.94 bits per heavy atom. The van der Waals surface area contributed by atoms with Gasteiger partial charge in [0.2, 0.25) is 5.78 Å². The predicted octanol–water partition coefficient (Wildman–Crippen LogP) is 3.41. The molecule has 0 aliphatic heterocycles. The van der Waals surface area contributed by atoms with Crippen molar-refractivity contribution in [2.45, 2.75) is 30.9 Å². The van der Waals surface area contributed by atoms with Gasteiger partial charge in [0.15, 0.2) is 0 Å². The van der Waals surface area contributed by atoms with Gasteiger partial charge < -0.3 is 0 Å². The van der Waals surface area contributed by atoms with Crippen molar-refractivity contribution >= 4 is 5.78 Å². The normalized spacial score (nSPS) is 30.4. The topological polar surface area (TPSA) is 17.1 Å². The second-order valence-corrected chi connectivity index (χ2v) is 4.81. The number of rotatable bonds is 1. The van der Waals surface area contributed by atoms with Crippen LogP contribution in [0.5, 0.6) is 0 Å². The summed E-state index contributed by atoms with van der Waals surface area (Å²) in [5, 5.41) is 0. The number of hydrogen-bond donors (Lipinski definition) is 0. The summed E-state index contributed by atoms with van der Waals surface area (Å²) < 4.78 is 37.6. The number of hydrogen-bond acceptors (Lipinski definition) is 1. The van der Waals surface area contributed by atoms with Crippen LogP contribution in [0, 0.1) is 5.92 Å². The fraction of sp³-hybridized carbons (Fsp3) is 0.462. The Hall–Kier alpha value is -1.32. The molecule has 0 N–H and O–H groups in total. The Bertz CT molecular complexity index is 447.